The van der Waals surface area contributed by atoms with Gasteiger partial charge in [0.15, 0.2) is 0 Å². The van der Waals surface area contributed by atoms with E-state index < -0.39 is 12.1 Å². The maximum Gasteiger partial charge on any atom is 0.490 e. The molecule has 0 spiro atoms. The second kappa shape index (κ2) is 10.7. The van der Waals surface area contributed by atoms with E-state index >= 15 is 0 Å². The lowest BCUT2D eigenvalue weighted by atomic mass is 10.1. The fourth-order valence-corrected chi connectivity index (χ4v) is 3.83. The number of carboxylic acids is 1. The molecular formula is C22H24F3N3O5. The van der Waals surface area contributed by atoms with Crippen LogP contribution in [0.4, 0.5) is 13.2 Å². The van der Waals surface area contributed by atoms with E-state index in [2.05, 4.69) is 9.97 Å². The van der Waals surface area contributed by atoms with Crippen molar-refractivity contribution >= 4 is 11.9 Å². The fourth-order valence-electron chi connectivity index (χ4n) is 3.83. The quantitative estimate of drug-likeness (QED) is 0.738. The number of rotatable bonds is 4. The van der Waals surface area contributed by atoms with Crippen molar-refractivity contribution < 1.29 is 37.3 Å². The Balaban J connectivity index is 0.000000383. The number of morpholine rings is 1. The lowest BCUT2D eigenvalue weighted by Gasteiger charge is -2.38. The van der Waals surface area contributed by atoms with Crippen LogP contribution in [0.5, 0.6) is 0 Å². The van der Waals surface area contributed by atoms with Gasteiger partial charge in [0.1, 0.15) is 11.8 Å². The average molecular weight is 467 g/mol. The lowest BCUT2D eigenvalue weighted by molar-refractivity contribution is -0.192. The molecule has 0 aromatic carbocycles. The van der Waals surface area contributed by atoms with Gasteiger partial charge in [-0.05, 0) is 44.0 Å². The summed E-state index contributed by atoms with van der Waals surface area (Å²) in [5, 5.41) is 7.12. The van der Waals surface area contributed by atoms with Crippen LogP contribution in [0.15, 0.2) is 42.6 Å². The van der Waals surface area contributed by atoms with Crippen molar-refractivity contribution in [2.45, 2.75) is 50.8 Å². The molecular weight excluding hydrogens is 443 g/mol. The molecule has 2 fully saturated rings. The van der Waals surface area contributed by atoms with E-state index in [1.165, 1.54) is 0 Å². The summed E-state index contributed by atoms with van der Waals surface area (Å²) < 4.78 is 43.8. The maximum absolute atomic E-state index is 12.9. The van der Waals surface area contributed by atoms with Crippen molar-refractivity contribution in [3.63, 3.8) is 0 Å². The molecule has 1 aliphatic carbocycles. The summed E-state index contributed by atoms with van der Waals surface area (Å²) in [6.07, 6.45) is -1.64. The highest BCUT2D eigenvalue weighted by Crippen LogP contribution is 2.33. The Labute approximate surface area is 188 Å². The minimum Gasteiger partial charge on any atom is -0.475 e. The van der Waals surface area contributed by atoms with E-state index in [0.717, 1.165) is 24.2 Å². The molecule has 1 saturated carbocycles. The number of aryl methyl sites for hydroxylation is 1. The van der Waals surface area contributed by atoms with Gasteiger partial charge in [-0.25, -0.2) is 9.78 Å². The Morgan fingerprint density at radius 1 is 1.21 bits per heavy atom. The van der Waals surface area contributed by atoms with Crippen LogP contribution in [-0.2, 0) is 20.9 Å². The molecule has 0 radical (unpaired) electrons. The molecule has 33 heavy (non-hydrogen) atoms. The smallest absolute Gasteiger partial charge is 0.475 e. The number of amides is 1. The molecule has 8 nitrogen and oxygen atoms in total. The summed E-state index contributed by atoms with van der Waals surface area (Å²) in [5.41, 5.74) is 2.26. The summed E-state index contributed by atoms with van der Waals surface area (Å²) in [6, 6.07) is 11.4. The van der Waals surface area contributed by atoms with Crippen LogP contribution in [0.3, 0.4) is 0 Å². The van der Waals surface area contributed by atoms with Crippen LogP contribution in [0.25, 0.3) is 0 Å². The number of carbonyl (C=O) groups excluding carboxylic acids is 1. The first-order valence-corrected chi connectivity index (χ1v) is 10.3. The molecule has 3 atom stereocenters. The van der Waals surface area contributed by atoms with Crippen molar-refractivity contribution in [1.82, 2.24) is 14.9 Å². The van der Waals surface area contributed by atoms with Gasteiger partial charge in [0, 0.05) is 18.4 Å². The number of carbonyl (C=O) groups is 2. The second-order valence-corrected chi connectivity index (χ2v) is 7.62. The molecule has 0 bridgehead atoms. The third kappa shape index (κ3) is 6.48. The van der Waals surface area contributed by atoms with Crippen LogP contribution in [-0.4, -0.2) is 69.4 Å². The number of hydrogen-bond donors (Lipinski definition) is 1. The third-order valence-corrected chi connectivity index (χ3v) is 5.32. The van der Waals surface area contributed by atoms with Gasteiger partial charge in [-0.15, -0.1) is 0 Å². The van der Waals surface area contributed by atoms with E-state index in [0.29, 0.717) is 25.5 Å². The number of nitrogens with zero attached hydrogens (tertiary/aromatic N) is 3. The third-order valence-electron chi connectivity index (χ3n) is 5.32. The van der Waals surface area contributed by atoms with Crippen molar-refractivity contribution in [3.8, 4) is 0 Å². The summed E-state index contributed by atoms with van der Waals surface area (Å²) in [6.45, 7) is 3.49. The van der Waals surface area contributed by atoms with Crippen LogP contribution >= 0.6 is 0 Å². The standard InChI is InChI=1S/C20H23N3O3.C2HF3O2/c1-14-5-4-7-16(22-14)20(24)23-11-12-25-19-17(23)8-9-18(19)26-13-15-6-2-3-10-21-15;3-2(4,5)1(6)7/h2-7,10,17-19H,8-9,11-13H2,1H3;(H,6,7)/t17-,18+,19+;/m0./s1. The van der Waals surface area contributed by atoms with Crippen molar-refractivity contribution in [2.75, 3.05) is 13.2 Å². The van der Waals surface area contributed by atoms with E-state index in [9.17, 15) is 18.0 Å². The summed E-state index contributed by atoms with van der Waals surface area (Å²) in [4.78, 5) is 32.4. The van der Waals surface area contributed by atoms with Crippen LogP contribution in [0, 0.1) is 6.92 Å². The Bertz CT molecular complexity index is 958. The van der Waals surface area contributed by atoms with Gasteiger partial charge >= 0.3 is 12.1 Å². The number of halogens is 3. The van der Waals surface area contributed by atoms with E-state index in [1.54, 1.807) is 12.3 Å². The summed E-state index contributed by atoms with van der Waals surface area (Å²) in [5.74, 6) is -2.77. The number of alkyl halides is 3. The van der Waals surface area contributed by atoms with Crippen molar-refractivity contribution in [3.05, 3.63) is 59.7 Å². The topological polar surface area (TPSA) is 102 Å². The molecule has 1 N–H and O–H groups in total. The first kappa shape index (κ1) is 24.6. The number of hydrogen-bond acceptors (Lipinski definition) is 6. The number of ether oxygens (including phenoxy) is 2. The Morgan fingerprint density at radius 3 is 2.61 bits per heavy atom. The highest BCUT2D eigenvalue weighted by atomic mass is 19.4. The van der Waals surface area contributed by atoms with Crippen LogP contribution in [0.2, 0.25) is 0 Å². The highest BCUT2D eigenvalue weighted by molar-refractivity contribution is 5.92. The van der Waals surface area contributed by atoms with E-state index in [4.69, 9.17) is 19.4 Å². The van der Waals surface area contributed by atoms with Gasteiger partial charge in [-0.2, -0.15) is 13.2 Å². The zero-order valence-corrected chi connectivity index (χ0v) is 17.9. The molecule has 11 heteroatoms. The van der Waals surface area contributed by atoms with Gasteiger partial charge in [0.2, 0.25) is 0 Å². The number of pyridine rings is 2. The maximum atomic E-state index is 12.9. The number of carboxylic acid groups (broad SMARTS) is 1. The highest BCUT2D eigenvalue weighted by Gasteiger charge is 2.45. The zero-order valence-electron chi connectivity index (χ0n) is 17.9. The van der Waals surface area contributed by atoms with Crippen molar-refractivity contribution in [2.24, 2.45) is 0 Å². The number of aliphatic carboxylic acids is 1. The van der Waals surface area contributed by atoms with Gasteiger partial charge in [0.25, 0.3) is 5.91 Å². The summed E-state index contributed by atoms with van der Waals surface area (Å²) >= 11 is 0. The molecule has 4 rings (SSSR count). The van der Waals surface area contributed by atoms with Gasteiger partial charge in [0.05, 0.1) is 31.1 Å². The molecule has 2 aliphatic rings. The lowest BCUT2D eigenvalue weighted by Crippen LogP contribution is -2.54. The molecule has 2 aromatic rings. The van der Waals surface area contributed by atoms with Gasteiger partial charge < -0.3 is 19.5 Å². The van der Waals surface area contributed by atoms with Crippen molar-refractivity contribution in [1.29, 1.82) is 0 Å². The fraction of sp³-hybridized carbons (Fsp3) is 0.455. The molecule has 178 valence electrons. The Kier molecular flexibility index (Phi) is 7.98. The summed E-state index contributed by atoms with van der Waals surface area (Å²) in [7, 11) is 0. The molecule has 1 amide bonds. The molecule has 1 saturated heterocycles. The second-order valence-electron chi connectivity index (χ2n) is 7.62. The van der Waals surface area contributed by atoms with Crippen LogP contribution < -0.4 is 0 Å². The molecule has 1 aliphatic heterocycles. The monoisotopic (exact) mass is 467 g/mol. The molecule has 2 aromatic heterocycles. The first-order chi connectivity index (χ1) is 15.7. The molecule has 0 unspecified atom stereocenters. The average Bonchev–Trinajstić information content (AvgIpc) is 3.21. The normalized spacial score (nSPS) is 22.2. The first-order valence-electron chi connectivity index (χ1n) is 10.3. The minimum absolute atomic E-state index is 0.0110. The van der Waals surface area contributed by atoms with E-state index in [1.807, 2.05) is 42.2 Å². The van der Waals surface area contributed by atoms with Crippen LogP contribution in [0.1, 0.15) is 34.7 Å². The SMILES string of the molecule is Cc1cccc(C(=O)N2CCO[C@H]3[C@H](OCc4ccccn4)CC[C@@H]32)n1.O=C(O)C(F)(F)F. The minimum atomic E-state index is -5.08. The predicted octanol–water partition coefficient (Wildman–Crippen LogP) is 3.01. The van der Waals surface area contributed by atoms with Gasteiger partial charge in [-0.1, -0.05) is 12.1 Å². The predicted molar refractivity (Wildman–Crippen MR) is 109 cm³/mol. The number of aromatic nitrogens is 2. The Hall–Kier alpha value is -3.05. The molecule has 3 heterocycles. The largest absolute Gasteiger partial charge is 0.490 e. The number of fused-ring (bicyclic) bond motifs is 1. The van der Waals surface area contributed by atoms with E-state index in [-0.39, 0.29) is 24.2 Å². The zero-order chi connectivity index (χ0) is 24.0. The Morgan fingerprint density at radius 2 is 1.97 bits per heavy atom. The van der Waals surface area contributed by atoms with Gasteiger partial charge in [-0.3, -0.25) is 9.78 Å².